The van der Waals surface area contributed by atoms with Crippen LogP contribution in [0.3, 0.4) is 0 Å². The highest BCUT2D eigenvalue weighted by molar-refractivity contribution is 4.33. The van der Waals surface area contributed by atoms with E-state index < -0.39 is 0 Å². The van der Waals surface area contributed by atoms with Crippen LogP contribution in [0.1, 0.15) is 6.42 Å². The van der Waals surface area contributed by atoms with Crippen molar-refractivity contribution in [3.05, 3.63) is 6.92 Å². The van der Waals surface area contributed by atoms with Crippen LogP contribution in [0, 0.1) is 6.92 Å². The Kier molecular flexibility index (Phi) is 2.71. The van der Waals surface area contributed by atoms with E-state index in [1.807, 2.05) is 0 Å². The lowest BCUT2D eigenvalue weighted by molar-refractivity contribution is 1.01. The lowest BCUT2D eigenvalue weighted by atomic mass is 10.5. The zero-order valence-electron chi connectivity index (χ0n) is 2.70. The summed E-state index contributed by atoms with van der Waals surface area (Å²) in [5, 5.41) is 0. The second kappa shape index (κ2) is 2.83. The Labute approximate surface area is 26.8 Å². The van der Waals surface area contributed by atoms with E-state index in [-0.39, 0.29) is 0 Å². The van der Waals surface area contributed by atoms with E-state index in [1.54, 1.807) is 0 Å². The van der Waals surface area contributed by atoms with Crippen molar-refractivity contribution >= 4 is 0 Å². The quantitative estimate of drug-likeness (QED) is 0.427. The summed E-state index contributed by atoms with van der Waals surface area (Å²) >= 11 is 0. The predicted octanol–water partition coefficient (Wildman–Crippen LogP) is 0.169. The van der Waals surface area contributed by atoms with Gasteiger partial charge in [0.1, 0.15) is 0 Å². The maximum absolute atomic E-state index is 4.97. The normalized spacial score (nSPS) is 7.25. The maximum Gasteiger partial charge on any atom is 0.0972 e. The molecule has 2 N–H and O–H groups in total. The summed E-state index contributed by atoms with van der Waals surface area (Å²) < 4.78 is 0. The summed E-state index contributed by atoms with van der Waals surface area (Å²) in [5.74, 6) is 0. The van der Waals surface area contributed by atoms with Crippen LogP contribution in [0.4, 0.5) is 0 Å². The Morgan fingerprint density at radius 3 is 2.00 bits per heavy atom. The molecule has 1 heteroatoms. The highest BCUT2D eigenvalue weighted by Gasteiger charge is 1.64. The fraction of sp³-hybridized carbons (Fsp3) is 0.667. The molecular weight excluding hydrogens is 50.0 g/mol. The van der Waals surface area contributed by atoms with Gasteiger partial charge < -0.3 is 5.73 Å². The van der Waals surface area contributed by atoms with Gasteiger partial charge in [-0.15, -0.1) is 0 Å². The van der Waals surface area contributed by atoms with Crippen molar-refractivity contribution in [2.45, 2.75) is 6.42 Å². The topological polar surface area (TPSA) is 26.0 Å². The summed E-state index contributed by atoms with van der Waals surface area (Å²) in [6.45, 7) is 4.19. The van der Waals surface area contributed by atoms with Gasteiger partial charge in [-0.3, -0.25) is 0 Å². The molecule has 0 radical (unpaired) electrons. The largest absolute Gasteiger partial charge is 0.327 e. The van der Waals surface area contributed by atoms with Crippen LogP contribution >= 0.6 is 0 Å². The molecule has 0 fully saturated rings. The maximum atomic E-state index is 4.97. The van der Waals surface area contributed by atoms with E-state index >= 15 is 0 Å². The van der Waals surface area contributed by atoms with Crippen molar-refractivity contribution < 1.29 is 0 Å². The van der Waals surface area contributed by atoms with Crippen molar-refractivity contribution in [2.75, 3.05) is 6.54 Å². The Balaban J connectivity index is 1.97. The first kappa shape index (κ1) is 3.83. The fourth-order valence-electron chi connectivity index (χ4n) is 0. The Hall–Kier alpha value is -0.170. The van der Waals surface area contributed by atoms with Crippen LogP contribution in [0.5, 0.6) is 0 Å². The van der Waals surface area contributed by atoms with E-state index in [1.165, 1.54) is 0 Å². The van der Waals surface area contributed by atoms with Gasteiger partial charge in [-0.25, -0.2) is 0 Å². The first-order valence-electron chi connectivity index (χ1n) is 1.41. The van der Waals surface area contributed by atoms with Crippen LogP contribution in [-0.2, 0) is 0 Å². The smallest absolute Gasteiger partial charge is 0.0972 e. The minimum absolute atomic E-state index is 0.708. The summed E-state index contributed by atoms with van der Waals surface area (Å²) in [7, 11) is 0. The molecule has 0 aliphatic rings. The van der Waals surface area contributed by atoms with Crippen LogP contribution < -0.4 is 5.73 Å². The first-order chi connectivity index (χ1) is 1.91. The summed E-state index contributed by atoms with van der Waals surface area (Å²) in [6.07, 6.45) is 0.847. The molecule has 24 valence electrons. The van der Waals surface area contributed by atoms with Crippen molar-refractivity contribution in [3.8, 4) is 0 Å². The van der Waals surface area contributed by atoms with Crippen LogP contribution in [0.15, 0.2) is 0 Å². The van der Waals surface area contributed by atoms with Gasteiger partial charge in [0, 0.05) is 6.54 Å². The van der Waals surface area contributed by atoms with Crippen LogP contribution in [0.25, 0.3) is 0 Å². The van der Waals surface area contributed by atoms with E-state index in [2.05, 4.69) is 6.92 Å². The highest BCUT2D eigenvalue weighted by Crippen LogP contribution is 1.55. The van der Waals surface area contributed by atoms with Crippen molar-refractivity contribution in [1.29, 1.82) is 0 Å². The summed E-state index contributed by atoms with van der Waals surface area (Å²) in [6, 6.07) is 0. The average molecular weight is 58.1 g/mol. The predicted molar refractivity (Wildman–Crippen MR) is 19.0 cm³/mol. The van der Waals surface area contributed by atoms with E-state index in [0.717, 1.165) is 6.42 Å². The standard InChI is InChI=1S/C3H8N/c1-2-3-4/h1-4H2/q+1. The fourth-order valence-corrected chi connectivity index (χ4v) is 0. The van der Waals surface area contributed by atoms with E-state index in [4.69, 9.17) is 5.73 Å². The molecule has 0 aliphatic heterocycles. The Morgan fingerprint density at radius 2 is 2.00 bits per heavy atom. The molecular formula is C3H8N+. The minimum Gasteiger partial charge on any atom is -0.327 e. The van der Waals surface area contributed by atoms with Gasteiger partial charge in [-0.2, -0.15) is 0 Å². The molecule has 0 heterocycles. The molecule has 0 unspecified atom stereocenters. The second-order valence-corrected chi connectivity index (χ2v) is 0.642. The number of hydrogen-bond donors (Lipinski definition) is 1. The van der Waals surface area contributed by atoms with Gasteiger partial charge >= 0.3 is 0 Å². The molecule has 0 aromatic carbocycles. The number of hydrogen-bond acceptors (Lipinski definition) is 1. The van der Waals surface area contributed by atoms with Gasteiger partial charge in [0.2, 0.25) is 0 Å². The second-order valence-electron chi connectivity index (χ2n) is 0.642. The first-order valence-corrected chi connectivity index (χ1v) is 1.41. The zero-order valence-corrected chi connectivity index (χ0v) is 2.70. The molecule has 0 saturated carbocycles. The van der Waals surface area contributed by atoms with E-state index in [9.17, 15) is 0 Å². The third-order valence-corrected chi connectivity index (χ3v) is 0.204. The van der Waals surface area contributed by atoms with E-state index in [0.29, 0.717) is 6.54 Å². The molecule has 0 aromatic rings. The molecule has 1 nitrogen and oxygen atoms in total. The summed E-state index contributed by atoms with van der Waals surface area (Å²) in [4.78, 5) is 0. The van der Waals surface area contributed by atoms with Gasteiger partial charge in [0.05, 0.1) is 13.3 Å². The molecule has 0 rings (SSSR count). The molecule has 0 bridgehead atoms. The third kappa shape index (κ3) is 1.83. The van der Waals surface area contributed by atoms with Gasteiger partial charge in [-0.1, -0.05) is 0 Å². The SMILES string of the molecule is [CH2+]CCN. The average Bonchev–Trinajstić information content (AvgIpc) is 1.37. The van der Waals surface area contributed by atoms with Gasteiger partial charge in [0.15, 0.2) is 0 Å². The van der Waals surface area contributed by atoms with Crippen molar-refractivity contribution in [3.63, 3.8) is 0 Å². The van der Waals surface area contributed by atoms with Crippen LogP contribution in [-0.4, -0.2) is 6.54 Å². The molecule has 0 atom stereocenters. The molecule has 0 aliphatic carbocycles. The monoisotopic (exact) mass is 58.1 g/mol. The molecule has 0 aromatic heterocycles. The minimum atomic E-state index is 0.708. The molecule has 0 spiro atoms. The summed E-state index contributed by atoms with van der Waals surface area (Å²) in [5.41, 5.74) is 4.97. The van der Waals surface area contributed by atoms with Gasteiger partial charge in [0.25, 0.3) is 0 Å². The molecule has 0 saturated heterocycles. The zero-order chi connectivity index (χ0) is 3.41. The third-order valence-electron chi connectivity index (χ3n) is 0.204. The molecule has 0 amide bonds. The Morgan fingerprint density at radius 1 is 1.75 bits per heavy atom. The van der Waals surface area contributed by atoms with Crippen LogP contribution in [0.2, 0.25) is 0 Å². The number of nitrogens with two attached hydrogens (primary N) is 1. The molecule has 4 heavy (non-hydrogen) atoms. The van der Waals surface area contributed by atoms with Crippen molar-refractivity contribution in [2.24, 2.45) is 5.73 Å². The lowest BCUT2D eigenvalue weighted by Gasteiger charge is -1.62. The van der Waals surface area contributed by atoms with Crippen molar-refractivity contribution in [1.82, 2.24) is 0 Å². The van der Waals surface area contributed by atoms with Gasteiger partial charge in [-0.05, 0) is 0 Å². The lowest BCUT2D eigenvalue weighted by Crippen LogP contribution is -1.93. The Bertz CT molecular complexity index is 5.25. The highest BCUT2D eigenvalue weighted by atomic mass is 14.5. The number of rotatable bonds is 1.